The number of aliphatic hydroxyl groups is 2. The van der Waals surface area contributed by atoms with Gasteiger partial charge in [-0.3, -0.25) is 0 Å². The maximum atomic E-state index is 13.9. The summed E-state index contributed by atoms with van der Waals surface area (Å²) in [5.74, 6) is 2.04. The third kappa shape index (κ3) is 3.73. The van der Waals surface area contributed by atoms with E-state index in [-0.39, 0.29) is 29.3 Å². The van der Waals surface area contributed by atoms with Crippen molar-refractivity contribution in [2.75, 3.05) is 0 Å². The van der Waals surface area contributed by atoms with E-state index in [1.807, 2.05) is 0 Å². The van der Waals surface area contributed by atoms with Crippen LogP contribution in [0, 0.1) is 46.3 Å². The zero-order valence-corrected chi connectivity index (χ0v) is 21.3. The predicted molar refractivity (Wildman–Crippen MR) is 128 cm³/mol. The zero-order valence-electron chi connectivity index (χ0n) is 21.3. The fraction of sp³-hybridized carbons (Fsp3) is 0.931. The van der Waals surface area contributed by atoms with Crippen molar-refractivity contribution < 1.29 is 23.4 Å². The van der Waals surface area contributed by atoms with Crippen LogP contribution in [0.1, 0.15) is 104 Å². The molecular formula is C29H45F3O2. The summed E-state index contributed by atoms with van der Waals surface area (Å²) >= 11 is 0. The number of hydrogen-bond acceptors (Lipinski definition) is 2. The molecule has 0 spiro atoms. The lowest BCUT2D eigenvalue weighted by Crippen LogP contribution is -2.54. The van der Waals surface area contributed by atoms with Crippen molar-refractivity contribution in [2.45, 2.75) is 122 Å². The summed E-state index contributed by atoms with van der Waals surface area (Å²) in [5, 5.41) is 20.9. The van der Waals surface area contributed by atoms with Crippen LogP contribution in [0.4, 0.5) is 13.2 Å². The molecule has 0 unspecified atom stereocenters. The molecule has 2 nitrogen and oxygen atoms in total. The third-order valence-corrected chi connectivity index (χ3v) is 12.1. The Labute approximate surface area is 203 Å². The maximum absolute atomic E-state index is 13.9. The molecular weight excluding hydrogens is 437 g/mol. The first-order valence-electron chi connectivity index (χ1n) is 14.1. The first kappa shape index (κ1) is 25.1. The second kappa shape index (κ2) is 8.50. The minimum atomic E-state index is -4.53. The van der Waals surface area contributed by atoms with Gasteiger partial charge < -0.3 is 10.2 Å². The molecule has 0 heterocycles. The summed E-state index contributed by atoms with van der Waals surface area (Å²) in [7, 11) is 0. The van der Waals surface area contributed by atoms with Gasteiger partial charge in [-0.2, -0.15) is 13.2 Å². The quantitative estimate of drug-likeness (QED) is 0.400. The number of rotatable bonds is 5. The Kier molecular flexibility index (Phi) is 6.28. The smallest absolute Gasteiger partial charge is 0.393 e. The molecule has 0 bridgehead atoms. The monoisotopic (exact) mass is 482 g/mol. The molecule has 0 saturated heterocycles. The van der Waals surface area contributed by atoms with E-state index in [1.54, 1.807) is 0 Å². The Bertz CT molecular complexity index is 804. The molecule has 34 heavy (non-hydrogen) atoms. The number of aliphatic hydroxyl groups excluding tert-OH is 1. The molecule has 194 valence electrons. The van der Waals surface area contributed by atoms with Gasteiger partial charge in [0, 0.05) is 0 Å². The van der Waals surface area contributed by atoms with Gasteiger partial charge in [-0.15, -0.1) is 0 Å². The Hall–Kier alpha value is -0.550. The maximum Gasteiger partial charge on any atom is 0.417 e. The lowest BCUT2D eigenvalue weighted by atomic mass is 9.47. The molecule has 4 saturated carbocycles. The van der Waals surface area contributed by atoms with Gasteiger partial charge in [-0.05, 0) is 123 Å². The molecule has 5 rings (SSSR count). The van der Waals surface area contributed by atoms with Gasteiger partial charge in [-0.1, -0.05) is 38.8 Å². The van der Waals surface area contributed by atoms with Crippen molar-refractivity contribution in [1.82, 2.24) is 0 Å². The number of allylic oxidation sites excluding steroid dienone is 1. The van der Waals surface area contributed by atoms with Crippen LogP contribution in [0.25, 0.3) is 0 Å². The van der Waals surface area contributed by atoms with Gasteiger partial charge in [0.2, 0.25) is 0 Å². The van der Waals surface area contributed by atoms with Crippen molar-refractivity contribution >= 4 is 0 Å². The van der Waals surface area contributed by atoms with Gasteiger partial charge in [0.05, 0.1) is 6.10 Å². The molecule has 0 aromatic heterocycles. The van der Waals surface area contributed by atoms with Crippen molar-refractivity contribution in [2.24, 2.45) is 46.3 Å². The number of halogens is 3. The molecule has 0 radical (unpaired) electrons. The van der Waals surface area contributed by atoms with Crippen molar-refractivity contribution in [1.29, 1.82) is 0 Å². The van der Waals surface area contributed by atoms with Crippen LogP contribution in [0.2, 0.25) is 0 Å². The molecule has 2 N–H and O–H groups in total. The van der Waals surface area contributed by atoms with E-state index < -0.39 is 17.7 Å². The van der Waals surface area contributed by atoms with E-state index in [0.717, 1.165) is 38.5 Å². The molecule has 5 aliphatic rings. The third-order valence-electron chi connectivity index (χ3n) is 12.1. The van der Waals surface area contributed by atoms with Crippen molar-refractivity contribution in [3.05, 3.63) is 11.6 Å². The second-order valence-corrected chi connectivity index (χ2v) is 13.5. The largest absolute Gasteiger partial charge is 0.417 e. The normalized spacial score (nSPS) is 45.3. The molecule has 0 aromatic carbocycles. The second-order valence-electron chi connectivity index (χ2n) is 13.5. The van der Waals surface area contributed by atoms with E-state index in [0.29, 0.717) is 42.9 Å². The molecule has 0 aliphatic heterocycles. The lowest BCUT2D eigenvalue weighted by molar-refractivity contribution is -0.291. The first-order chi connectivity index (χ1) is 15.9. The van der Waals surface area contributed by atoms with Crippen LogP contribution in [-0.4, -0.2) is 28.1 Å². The highest BCUT2D eigenvalue weighted by atomic mass is 19.4. The van der Waals surface area contributed by atoms with Crippen LogP contribution in [0.3, 0.4) is 0 Å². The highest BCUT2D eigenvalue weighted by molar-refractivity contribution is 5.25. The van der Waals surface area contributed by atoms with Gasteiger partial charge in [0.1, 0.15) is 0 Å². The average molecular weight is 483 g/mol. The van der Waals surface area contributed by atoms with E-state index >= 15 is 0 Å². The Morgan fingerprint density at radius 1 is 1.03 bits per heavy atom. The van der Waals surface area contributed by atoms with E-state index in [4.69, 9.17) is 0 Å². The predicted octanol–water partition coefficient (Wildman–Crippen LogP) is 7.44. The standard InChI is InChI=1S/C29H45F3O2/c1-18(11-16-28(34,29(30,31)32)19-5-4-6-19)23-9-10-24-22-8-7-20-17-21(33)12-14-26(20,2)25(22)13-15-27(23,24)3/h7,18-19,21-25,33-34H,4-6,8-17H2,1-3H3/t18-,21+,22+,23-,24+,25+,26+,27-,28+/m1/s1. The fourth-order valence-corrected chi connectivity index (χ4v) is 9.73. The van der Waals surface area contributed by atoms with E-state index in [1.165, 1.54) is 24.8 Å². The van der Waals surface area contributed by atoms with E-state index in [2.05, 4.69) is 26.8 Å². The van der Waals surface area contributed by atoms with Crippen LogP contribution in [-0.2, 0) is 0 Å². The van der Waals surface area contributed by atoms with Crippen LogP contribution in [0.15, 0.2) is 11.6 Å². The summed E-state index contributed by atoms with van der Waals surface area (Å²) in [5.41, 5.74) is -0.593. The number of hydrogen-bond donors (Lipinski definition) is 2. The average Bonchev–Trinajstić information content (AvgIpc) is 3.08. The Morgan fingerprint density at radius 2 is 1.76 bits per heavy atom. The molecule has 0 amide bonds. The minimum absolute atomic E-state index is 0.141. The van der Waals surface area contributed by atoms with Gasteiger partial charge in [-0.25, -0.2) is 0 Å². The number of alkyl halides is 3. The van der Waals surface area contributed by atoms with Gasteiger partial charge >= 0.3 is 6.18 Å². The van der Waals surface area contributed by atoms with E-state index in [9.17, 15) is 23.4 Å². The minimum Gasteiger partial charge on any atom is -0.393 e. The van der Waals surface area contributed by atoms with Crippen LogP contribution in [0.5, 0.6) is 0 Å². The van der Waals surface area contributed by atoms with Crippen LogP contribution < -0.4 is 0 Å². The fourth-order valence-electron chi connectivity index (χ4n) is 9.73. The van der Waals surface area contributed by atoms with Gasteiger partial charge in [0.25, 0.3) is 0 Å². The van der Waals surface area contributed by atoms with Crippen molar-refractivity contribution in [3.8, 4) is 0 Å². The topological polar surface area (TPSA) is 40.5 Å². The molecule has 5 aliphatic carbocycles. The molecule has 4 fully saturated rings. The summed E-state index contributed by atoms with van der Waals surface area (Å²) < 4.78 is 41.6. The SMILES string of the molecule is C[C@H](CC[C@](O)(C1CCC1)C(F)(F)F)[C@H]1CC[C@H]2[C@@H]3CC=C4C[C@@H](O)CC[C@]4(C)[C@H]3CC[C@]12C. The first-order valence-corrected chi connectivity index (χ1v) is 14.1. The lowest BCUT2D eigenvalue weighted by Gasteiger charge is -2.58. The summed E-state index contributed by atoms with van der Waals surface area (Å²) in [4.78, 5) is 0. The molecule has 9 atom stereocenters. The number of fused-ring (bicyclic) bond motifs is 5. The van der Waals surface area contributed by atoms with Crippen LogP contribution >= 0.6 is 0 Å². The molecule has 5 heteroatoms. The molecule has 0 aromatic rings. The van der Waals surface area contributed by atoms with Gasteiger partial charge in [0.15, 0.2) is 5.60 Å². The Balaban J connectivity index is 1.30. The summed E-state index contributed by atoms with van der Waals surface area (Å²) in [6, 6.07) is 0. The highest BCUT2D eigenvalue weighted by Gasteiger charge is 2.61. The zero-order chi connectivity index (χ0) is 24.5. The summed E-state index contributed by atoms with van der Waals surface area (Å²) in [6.07, 6.45) is 8.50. The highest BCUT2D eigenvalue weighted by Crippen LogP contribution is 2.67. The van der Waals surface area contributed by atoms with Crippen molar-refractivity contribution in [3.63, 3.8) is 0 Å². The summed E-state index contributed by atoms with van der Waals surface area (Å²) in [6.45, 7) is 7.04. The Morgan fingerprint density at radius 3 is 2.41 bits per heavy atom.